The molecule has 0 N–H and O–H groups in total. The lowest BCUT2D eigenvalue weighted by Gasteiger charge is -2.31. The Balaban J connectivity index is 4.11. The van der Waals surface area contributed by atoms with Gasteiger partial charge in [-0.05, 0) is 12.8 Å². The molecule has 0 bridgehead atoms. The summed E-state index contributed by atoms with van der Waals surface area (Å²) in [5.41, 5.74) is 0.424. The molecule has 0 fully saturated rings. The molecule has 0 rings (SSSR count). The smallest absolute Gasteiger partial charge is 0.145 e. The van der Waals surface area contributed by atoms with E-state index in [4.69, 9.17) is 4.43 Å². The van der Waals surface area contributed by atoms with Crippen LogP contribution in [0, 0.1) is 5.41 Å². The minimum absolute atomic E-state index is 0.424. The maximum Gasteiger partial charge on any atom is 0.145 e. The molecule has 0 saturated carbocycles. The number of rotatable bonds is 9. The van der Waals surface area contributed by atoms with Crippen LogP contribution in [-0.4, -0.2) is 22.4 Å². The summed E-state index contributed by atoms with van der Waals surface area (Å²) in [5.74, 6) is 0. The van der Waals surface area contributed by atoms with Crippen molar-refractivity contribution in [2.45, 2.75) is 52.4 Å². The molecule has 0 atom stereocenters. The third-order valence-corrected chi connectivity index (χ3v) is 4.33. The fourth-order valence-corrected chi connectivity index (χ4v) is 3.19. The largest absolute Gasteiger partial charge is 0.427 e. The molecule has 0 aliphatic heterocycles. The Kier molecular flexibility index (Phi) is 9.34. The predicted molar refractivity (Wildman–Crippen MR) is 71.2 cm³/mol. The van der Waals surface area contributed by atoms with Gasteiger partial charge in [-0.15, -0.1) is 0 Å². The van der Waals surface area contributed by atoms with Gasteiger partial charge in [0.25, 0.3) is 0 Å². The molecule has 0 aromatic carbocycles. The highest BCUT2D eigenvalue weighted by Crippen LogP contribution is 2.33. The minimum Gasteiger partial charge on any atom is -0.427 e. The first kappa shape index (κ1) is 14.7. The molecule has 0 aliphatic carbocycles. The highest BCUT2D eigenvalue weighted by atomic mass is 79.9. The molecule has 0 saturated heterocycles. The molecule has 0 aliphatic rings. The van der Waals surface area contributed by atoms with Crippen molar-refractivity contribution in [2.75, 3.05) is 11.9 Å². The van der Waals surface area contributed by atoms with E-state index in [0.717, 1.165) is 22.4 Å². The van der Waals surface area contributed by atoms with Crippen molar-refractivity contribution >= 4 is 26.4 Å². The number of alkyl halides is 1. The van der Waals surface area contributed by atoms with Crippen molar-refractivity contribution in [1.82, 2.24) is 0 Å². The Hall–Kier alpha value is 0.657. The average molecular weight is 281 g/mol. The predicted octanol–water partition coefficient (Wildman–Crippen LogP) is 3.05. The third-order valence-electron chi connectivity index (χ3n) is 2.86. The maximum atomic E-state index is 5.50. The molecule has 1 nitrogen and oxygen atoms in total. The van der Waals surface area contributed by atoms with Gasteiger partial charge in [-0.2, -0.15) is 0 Å². The van der Waals surface area contributed by atoms with E-state index in [0.29, 0.717) is 5.41 Å². The van der Waals surface area contributed by atoms with E-state index in [1.54, 1.807) is 0 Å². The summed E-state index contributed by atoms with van der Waals surface area (Å²) in [7, 11) is 0.871. The Bertz CT molecular complexity index is 122. The molecule has 14 heavy (non-hydrogen) atoms. The minimum atomic E-state index is 0.424. The number of hydrogen-bond acceptors (Lipinski definition) is 1. The number of halogens is 1. The third kappa shape index (κ3) is 5.52. The van der Waals surface area contributed by atoms with Gasteiger partial charge in [0, 0.05) is 17.4 Å². The van der Waals surface area contributed by atoms with Gasteiger partial charge in [0.15, 0.2) is 0 Å². The first-order valence-corrected chi connectivity index (χ1v) is 7.73. The Morgan fingerprint density at radius 1 is 1.14 bits per heavy atom. The van der Waals surface area contributed by atoms with Crippen LogP contribution in [0.3, 0.4) is 0 Å². The van der Waals surface area contributed by atoms with Crippen molar-refractivity contribution in [3.8, 4) is 0 Å². The van der Waals surface area contributed by atoms with Gasteiger partial charge in [-0.3, -0.25) is 0 Å². The lowest BCUT2D eigenvalue weighted by molar-refractivity contribution is 0.150. The van der Waals surface area contributed by atoms with Crippen molar-refractivity contribution in [1.29, 1.82) is 0 Å². The van der Waals surface area contributed by atoms with Crippen LogP contribution in [0.2, 0.25) is 0 Å². The van der Waals surface area contributed by atoms with Gasteiger partial charge < -0.3 is 4.43 Å². The molecule has 0 radical (unpaired) electrons. The van der Waals surface area contributed by atoms with E-state index >= 15 is 0 Å². The first-order valence-electron chi connectivity index (χ1n) is 5.79. The van der Waals surface area contributed by atoms with Crippen LogP contribution >= 0.6 is 15.9 Å². The number of unbranched alkanes of at least 4 members (excludes halogenated alkanes) is 2. The molecular weight excluding hydrogens is 256 g/mol. The van der Waals surface area contributed by atoms with E-state index in [9.17, 15) is 0 Å². The molecule has 0 spiro atoms. The van der Waals surface area contributed by atoms with E-state index < -0.39 is 0 Å². The lowest BCUT2D eigenvalue weighted by Crippen LogP contribution is -2.28. The second kappa shape index (κ2) is 8.92. The van der Waals surface area contributed by atoms with Crippen molar-refractivity contribution in [3.63, 3.8) is 0 Å². The molecule has 0 unspecified atom stereocenters. The summed E-state index contributed by atoms with van der Waals surface area (Å²) in [6.07, 6.45) is 7.89. The van der Waals surface area contributed by atoms with E-state index in [1.807, 2.05) is 0 Å². The van der Waals surface area contributed by atoms with Crippen LogP contribution in [0.4, 0.5) is 0 Å². The second-order valence-corrected chi connectivity index (χ2v) is 5.41. The first-order chi connectivity index (χ1) is 6.74. The summed E-state index contributed by atoms with van der Waals surface area (Å²) in [6.45, 7) is 5.49. The van der Waals surface area contributed by atoms with E-state index in [-0.39, 0.29) is 0 Å². The number of hydrogen-bond donors (Lipinski definition) is 0. The van der Waals surface area contributed by atoms with Crippen LogP contribution in [0.25, 0.3) is 0 Å². The fourth-order valence-electron chi connectivity index (χ4n) is 1.85. The van der Waals surface area contributed by atoms with E-state index in [2.05, 4.69) is 29.8 Å². The topological polar surface area (TPSA) is 9.23 Å². The average Bonchev–Trinajstić information content (AvgIpc) is 2.22. The molecule has 0 heterocycles. The molecule has 0 aromatic heterocycles. The van der Waals surface area contributed by atoms with Gasteiger partial charge in [0.2, 0.25) is 0 Å². The highest BCUT2D eigenvalue weighted by molar-refractivity contribution is 9.09. The summed E-state index contributed by atoms with van der Waals surface area (Å²) in [4.78, 5) is 0. The molecular formula is C11H25BrOSi. The molecule has 0 aromatic rings. The summed E-state index contributed by atoms with van der Waals surface area (Å²) in [6, 6.07) is 0. The van der Waals surface area contributed by atoms with Crippen molar-refractivity contribution in [2.24, 2.45) is 5.41 Å². The molecule has 0 amide bonds. The molecule has 86 valence electrons. The monoisotopic (exact) mass is 280 g/mol. The van der Waals surface area contributed by atoms with Crippen molar-refractivity contribution < 1.29 is 4.43 Å². The second-order valence-electron chi connectivity index (χ2n) is 4.27. The van der Waals surface area contributed by atoms with Crippen LogP contribution in [0.15, 0.2) is 0 Å². The quantitative estimate of drug-likeness (QED) is 0.466. The van der Waals surface area contributed by atoms with Gasteiger partial charge in [-0.25, -0.2) is 0 Å². The highest BCUT2D eigenvalue weighted by Gasteiger charge is 2.27. The van der Waals surface area contributed by atoms with Gasteiger partial charge in [0.1, 0.15) is 10.5 Å². The van der Waals surface area contributed by atoms with Crippen LogP contribution < -0.4 is 0 Å². The van der Waals surface area contributed by atoms with Crippen molar-refractivity contribution in [3.05, 3.63) is 0 Å². The molecule has 3 heteroatoms. The normalized spacial score (nSPS) is 12.2. The SMILES string of the molecule is CCCCC(CBr)(CCCC)CO[SiH3]. The van der Waals surface area contributed by atoms with Gasteiger partial charge in [-0.1, -0.05) is 55.5 Å². The Labute approximate surface area is 101 Å². The Morgan fingerprint density at radius 3 is 1.93 bits per heavy atom. The van der Waals surface area contributed by atoms with E-state index in [1.165, 1.54) is 38.5 Å². The van der Waals surface area contributed by atoms with Gasteiger partial charge in [0.05, 0.1) is 0 Å². The summed E-state index contributed by atoms with van der Waals surface area (Å²) in [5, 5.41) is 1.10. The van der Waals surface area contributed by atoms with Crippen LogP contribution in [-0.2, 0) is 4.43 Å². The lowest BCUT2D eigenvalue weighted by atomic mass is 9.81. The Morgan fingerprint density at radius 2 is 1.64 bits per heavy atom. The maximum absolute atomic E-state index is 5.50. The standard InChI is InChI=1S/C11H25BrOSi/c1-3-5-7-11(9-12,10-13-14)8-6-4-2/h3-10H2,1-2,14H3. The zero-order valence-corrected chi connectivity index (χ0v) is 13.5. The summed E-state index contributed by atoms with van der Waals surface area (Å²) < 4.78 is 5.50. The summed E-state index contributed by atoms with van der Waals surface area (Å²) >= 11 is 3.67. The fraction of sp³-hybridized carbons (Fsp3) is 1.00. The zero-order valence-electron chi connectivity index (χ0n) is 9.94. The zero-order chi connectivity index (χ0) is 10.9. The van der Waals surface area contributed by atoms with Gasteiger partial charge >= 0.3 is 0 Å². The van der Waals surface area contributed by atoms with Crippen LogP contribution in [0.1, 0.15) is 52.4 Å². The van der Waals surface area contributed by atoms with Crippen LogP contribution in [0.5, 0.6) is 0 Å².